The van der Waals surface area contributed by atoms with Gasteiger partial charge in [0, 0.05) is 25.7 Å². The highest BCUT2D eigenvalue weighted by Crippen LogP contribution is 2.19. The van der Waals surface area contributed by atoms with E-state index in [0.717, 1.165) is 0 Å². The van der Waals surface area contributed by atoms with Crippen molar-refractivity contribution in [2.75, 3.05) is 19.6 Å². The van der Waals surface area contributed by atoms with Crippen LogP contribution in [0.4, 0.5) is 4.39 Å². The molecule has 1 fully saturated rings. The summed E-state index contributed by atoms with van der Waals surface area (Å²) in [6.45, 7) is 3.25. The van der Waals surface area contributed by atoms with E-state index in [2.05, 4.69) is 5.32 Å². The molecule has 1 heterocycles. The van der Waals surface area contributed by atoms with Crippen molar-refractivity contribution >= 4 is 10.0 Å². The molecule has 2 rings (SSSR count). The molecular formula is C11H15FN2O2S. The number of nitrogens with one attached hydrogen (secondary N) is 1. The molecule has 1 saturated heterocycles. The largest absolute Gasteiger partial charge is 0.312 e. The Morgan fingerprint density at radius 1 is 1.41 bits per heavy atom. The van der Waals surface area contributed by atoms with Crippen LogP contribution in [0, 0.1) is 5.82 Å². The van der Waals surface area contributed by atoms with Crippen LogP contribution in [0.3, 0.4) is 0 Å². The lowest BCUT2D eigenvalue weighted by atomic mass is 10.3. The van der Waals surface area contributed by atoms with Crippen molar-refractivity contribution in [3.05, 3.63) is 30.1 Å². The van der Waals surface area contributed by atoms with Crippen LogP contribution in [-0.4, -0.2) is 38.4 Å². The molecule has 1 aliphatic heterocycles. The van der Waals surface area contributed by atoms with Gasteiger partial charge in [-0.1, -0.05) is 12.1 Å². The summed E-state index contributed by atoms with van der Waals surface area (Å²) >= 11 is 0. The average Bonchev–Trinajstić information content (AvgIpc) is 2.29. The zero-order valence-electron chi connectivity index (χ0n) is 9.56. The topological polar surface area (TPSA) is 49.4 Å². The third kappa shape index (κ3) is 2.48. The van der Waals surface area contributed by atoms with Gasteiger partial charge in [-0.2, -0.15) is 4.31 Å². The maximum Gasteiger partial charge on any atom is 0.246 e. The first-order valence-electron chi connectivity index (χ1n) is 5.50. The molecule has 0 spiro atoms. The number of sulfonamides is 1. The second-order valence-corrected chi connectivity index (χ2v) is 6.06. The van der Waals surface area contributed by atoms with Crippen LogP contribution in [0.15, 0.2) is 29.2 Å². The Kier molecular flexibility index (Phi) is 3.46. The average molecular weight is 258 g/mol. The van der Waals surface area contributed by atoms with Crippen molar-refractivity contribution < 1.29 is 12.8 Å². The van der Waals surface area contributed by atoms with Crippen LogP contribution in [0.25, 0.3) is 0 Å². The molecule has 1 atom stereocenters. The van der Waals surface area contributed by atoms with Gasteiger partial charge in [0.15, 0.2) is 0 Å². The van der Waals surface area contributed by atoms with Crippen molar-refractivity contribution in [1.82, 2.24) is 9.62 Å². The Hall–Kier alpha value is -0.980. The van der Waals surface area contributed by atoms with E-state index in [1.165, 1.54) is 28.6 Å². The van der Waals surface area contributed by atoms with E-state index in [1.54, 1.807) is 0 Å². The molecule has 0 amide bonds. The highest BCUT2D eigenvalue weighted by Gasteiger charge is 2.30. The lowest BCUT2D eigenvalue weighted by Gasteiger charge is -2.31. The molecule has 4 nitrogen and oxygen atoms in total. The number of piperazine rings is 1. The summed E-state index contributed by atoms with van der Waals surface area (Å²) in [5, 5.41) is 3.15. The highest BCUT2D eigenvalue weighted by atomic mass is 32.2. The van der Waals surface area contributed by atoms with Crippen molar-refractivity contribution in [1.29, 1.82) is 0 Å². The van der Waals surface area contributed by atoms with Crippen LogP contribution in [0.1, 0.15) is 6.92 Å². The molecule has 0 aliphatic carbocycles. The zero-order chi connectivity index (χ0) is 12.5. The summed E-state index contributed by atoms with van der Waals surface area (Å²) in [5.74, 6) is -0.696. The van der Waals surface area contributed by atoms with Gasteiger partial charge in [-0.25, -0.2) is 12.8 Å². The fraction of sp³-hybridized carbons (Fsp3) is 0.455. The van der Waals surface area contributed by atoms with Gasteiger partial charge in [-0.05, 0) is 19.1 Å². The summed E-state index contributed by atoms with van der Waals surface area (Å²) in [5.41, 5.74) is 0. The fourth-order valence-electron chi connectivity index (χ4n) is 1.91. The van der Waals surface area contributed by atoms with Gasteiger partial charge in [0.05, 0.1) is 0 Å². The lowest BCUT2D eigenvalue weighted by molar-refractivity contribution is 0.309. The summed E-state index contributed by atoms with van der Waals surface area (Å²) in [6.07, 6.45) is 0. The molecule has 0 unspecified atom stereocenters. The Labute approximate surface area is 100 Å². The predicted octanol–water partition coefficient (Wildman–Crippen LogP) is 0.808. The van der Waals surface area contributed by atoms with Gasteiger partial charge >= 0.3 is 0 Å². The molecule has 1 aromatic carbocycles. The van der Waals surface area contributed by atoms with Gasteiger partial charge in [0.1, 0.15) is 10.7 Å². The van der Waals surface area contributed by atoms with E-state index in [-0.39, 0.29) is 10.9 Å². The first-order valence-corrected chi connectivity index (χ1v) is 6.94. The molecule has 1 aromatic rings. The first kappa shape index (κ1) is 12.5. The van der Waals surface area contributed by atoms with Gasteiger partial charge in [0.25, 0.3) is 0 Å². The second kappa shape index (κ2) is 4.72. The molecule has 17 heavy (non-hydrogen) atoms. The van der Waals surface area contributed by atoms with E-state index in [9.17, 15) is 12.8 Å². The number of benzene rings is 1. The monoisotopic (exact) mass is 258 g/mol. The maximum absolute atomic E-state index is 13.5. The quantitative estimate of drug-likeness (QED) is 0.854. The Morgan fingerprint density at radius 2 is 2.12 bits per heavy atom. The van der Waals surface area contributed by atoms with Crippen molar-refractivity contribution in [3.63, 3.8) is 0 Å². The summed E-state index contributed by atoms with van der Waals surface area (Å²) < 4.78 is 39.3. The van der Waals surface area contributed by atoms with Gasteiger partial charge in [-0.15, -0.1) is 0 Å². The third-order valence-electron chi connectivity index (χ3n) is 2.79. The number of rotatable bonds is 2. The number of nitrogens with zero attached hydrogens (tertiary/aromatic N) is 1. The minimum Gasteiger partial charge on any atom is -0.312 e. The van der Waals surface area contributed by atoms with E-state index in [4.69, 9.17) is 0 Å². The predicted molar refractivity (Wildman–Crippen MR) is 62.6 cm³/mol. The molecule has 0 radical (unpaired) electrons. The second-order valence-electron chi connectivity index (χ2n) is 4.15. The molecule has 94 valence electrons. The third-order valence-corrected chi connectivity index (χ3v) is 4.68. The Morgan fingerprint density at radius 3 is 2.76 bits per heavy atom. The molecule has 0 aromatic heterocycles. The minimum atomic E-state index is -3.71. The zero-order valence-corrected chi connectivity index (χ0v) is 10.4. The van der Waals surface area contributed by atoms with Crippen LogP contribution < -0.4 is 5.32 Å². The van der Waals surface area contributed by atoms with E-state index >= 15 is 0 Å². The molecule has 0 saturated carbocycles. The highest BCUT2D eigenvalue weighted by molar-refractivity contribution is 7.89. The number of hydrogen-bond donors (Lipinski definition) is 1. The van der Waals surface area contributed by atoms with Crippen molar-refractivity contribution in [3.8, 4) is 0 Å². The maximum atomic E-state index is 13.5. The molecule has 6 heteroatoms. The van der Waals surface area contributed by atoms with Crippen molar-refractivity contribution in [2.24, 2.45) is 0 Å². The Bertz CT molecular complexity index is 504. The smallest absolute Gasteiger partial charge is 0.246 e. The van der Waals surface area contributed by atoms with Crippen LogP contribution in [0.2, 0.25) is 0 Å². The van der Waals surface area contributed by atoms with Gasteiger partial charge in [0.2, 0.25) is 10.0 Å². The van der Waals surface area contributed by atoms with Crippen molar-refractivity contribution in [2.45, 2.75) is 17.9 Å². The molecule has 0 bridgehead atoms. The lowest BCUT2D eigenvalue weighted by Crippen LogP contribution is -2.51. The first-order chi connectivity index (χ1) is 8.01. The summed E-state index contributed by atoms with van der Waals surface area (Å²) in [4.78, 5) is -0.242. The summed E-state index contributed by atoms with van der Waals surface area (Å²) in [7, 11) is -3.71. The van der Waals surface area contributed by atoms with E-state index in [1.807, 2.05) is 6.92 Å². The molecule has 1 N–H and O–H groups in total. The molecule has 1 aliphatic rings. The van der Waals surface area contributed by atoms with E-state index < -0.39 is 15.8 Å². The molecular weight excluding hydrogens is 243 g/mol. The standard InChI is InChI=1S/C11H15FN2O2S/c1-9-8-14(7-6-13-9)17(15,16)11-5-3-2-4-10(11)12/h2-5,9,13H,6-8H2,1H3/t9-/m0/s1. The van der Waals surface area contributed by atoms with Crippen LogP contribution >= 0.6 is 0 Å². The summed E-state index contributed by atoms with van der Waals surface area (Å²) in [6, 6.07) is 5.57. The number of hydrogen-bond acceptors (Lipinski definition) is 3. The Balaban J connectivity index is 2.33. The van der Waals surface area contributed by atoms with E-state index in [0.29, 0.717) is 19.6 Å². The van der Waals surface area contributed by atoms with Crippen LogP contribution in [0.5, 0.6) is 0 Å². The van der Waals surface area contributed by atoms with Gasteiger partial charge < -0.3 is 5.32 Å². The van der Waals surface area contributed by atoms with Gasteiger partial charge in [-0.3, -0.25) is 0 Å². The normalized spacial score (nSPS) is 22.6. The number of halogens is 1. The SMILES string of the molecule is C[C@H]1CN(S(=O)(=O)c2ccccc2F)CCN1. The minimum absolute atomic E-state index is 0.0882. The fourth-order valence-corrected chi connectivity index (χ4v) is 3.50. The van der Waals surface area contributed by atoms with Crippen LogP contribution in [-0.2, 0) is 10.0 Å².